The van der Waals surface area contributed by atoms with Crippen molar-refractivity contribution < 1.29 is 4.79 Å². The minimum absolute atomic E-state index is 0.294. The van der Waals surface area contributed by atoms with Crippen LogP contribution in [-0.2, 0) is 4.79 Å². The van der Waals surface area contributed by atoms with E-state index in [1.54, 1.807) is 0 Å². The number of rotatable bonds is 7. The lowest BCUT2D eigenvalue weighted by atomic mass is 9.78. The van der Waals surface area contributed by atoms with Crippen molar-refractivity contribution in [3.05, 3.63) is 0 Å². The summed E-state index contributed by atoms with van der Waals surface area (Å²) in [6.45, 7) is 7.43. The van der Waals surface area contributed by atoms with E-state index in [4.69, 9.17) is 5.73 Å². The molecule has 0 aromatic carbocycles. The Kier molecular flexibility index (Phi) is 7.67. The molecule has 0 spiro atoms. The van der Waals surface area contributed by atoms with Gasteiger partial charge in [0, 0.05) is 26.2 Å². The first-order valence-electron chi connectivity index (χ1n) is 8.55. The molecule has 0 radical (unpaired) electrons. The van der Waals surface area contributed by atoms with Gasteiger partial charge in [0.15, 0.2) is 0 Å². The van der Waals surface area contributed by atoms with Gasteiger partial charge in [-0.1, -0.05) is 39.5 Å². The Morgan fingerprint density at radius 2 is 1.67 bits per heavy atom. The zero-order valence-corrected chi connectivity index (χ0v) is 14.5. The highest BCUT2D eigenvalue weighted by molar-refractivity contribution is 5.83. The highest BCUT2D eigenvalue weighted by atomic mass is 16.2. The third kappa shape index (κ3) is 5.59. The standard InChI is InChI=1S/C17H35N3O/c1-15(2)13-20(12-11-19(3)4)16(21)17(14-18)9-7-5-6-8-10-17/h15H,5-14,18H2,1-4H3. The molecule has 1 fully saturated rings. The third-order valence-corrected chi connectivity index (χ3v) is 4.59. The quantitative estimate of drug-likeness (QED) is 0.734. The molecule has 1 rings (SSSR count). The van der Waals surface area contributed by atoms with E-state index in [1.807, 2.05) is 0 Å². The van der Waals surface area contributed by atoms with Crippen molar-refractivity contribution in [3.8, 4) is 0 Å². The van der Waals surface area contributed by atoms with Gasteiger partial charge in [0.1, 0.15) is 0 Å². The first kappa shape index (κ1) is 18.4. The lowest BCUT2D eigenvalue weighted by molar-refractivity contribution is -0.143. The lowest BCUT2D eigenvalue weighted by Gasteiger charge is -2.37. The minimum atomic E-state index is -0.294. The zero-order chi connectivity index (χ0) is 15.9. The molecule has 124 valence electrons. The van der Waals surface area contributed by atoms with Crippen molar-refractivity contribution in [2.75, 3.05) is 40.3 Å². The fourth-order valence-electron chi connectivity index (χ4n) is 3.28. The maximum atomic E-state index is 13.2. The van der Waals surface area contributed by atoms with Gasteiger partial charge in [0.25, 0.3) is 0 Å². The SMILES string of the molecule is CC(C)CN(CCN(C)C)C(=O)C1(CN)CCCCCC1. The van der Waals surface area contributed by atoms with Crippen molar-refractivity contribution in [2.24, 2.45) is 17.1 Å². The molecule has 0 unspecified atom stereocenters. The monoisotopic (exact) mass is 297 g/mol. The van der Waals surface area contributed by atoms with Crippen LogP contribution in [0.3, 0.4) is 0 Å². The summed E-state index contributed by atoms with van der Waals surface area (Å²) in [5.74, 6) is 0.805. The molecule has 21 heavy (non-hydrogen) atoms. The molecule has 0 aromatic rings. The number of hydrogen-bond acceptors (Lipinski definition) is 3. The second-order valence-corrected chi connectivity index (χ2v) is 7.35. The number of nitrogens with zero attached hydrogens (tertiary/aromatic N) is 2. The second-order valence-electron chi connectivity index (χ2n) is 7.35. The Morgan fingerprint density at radius 1 is 1.10 bits per heavy atom. The largest absolute Gasteiger partial charge is 0.341 e. The maximum Gasteiger partial charge on any atom is 0.230 e. The van der Waals surface area contributed by atoms with Crippen molar-refractivity contribution >= 4 is 5.91 Å². The number of hydrogen-bond donors (Lipinski definition) is 1. The summed E-state index contributed by atoms with van der Waals surface area (Å²) in [5, 5.41) is 0. The van der Waals surface area contributed by atoms with Crippen LogP contribution in [0.15, 0.2) is 0 Å². The molecular weight excluding hydrogens is 262 g/mol. The van der Waals surface area contributed by atoms with Gasteiger partial charge in [0.05, 0.1) is 5.41 Å². The molecule has 0 heterocycles. The van der Waals surface area contributed by atoms with Crippen LogP contribution in [0.1, 0.15) is 52.4 Å². The van der Waals surface area contributed by atoms with E-state index in [2.05, 4.69) is 37.7 Å². The summed E-state index contributed by atoms with van der Waals surface area (Å²) in [4.78, 5) is 17.4. The number of carbonyl (C=O) groups excluding carboxylic acids is 1. The summed E-state index contributed by atoms with van der Waals surface area (Å²) in [6.07, 6.45) is 6.73. The fourth-order valence-corrected chi connectivity index (χ4v) is 3.28. The summed E-state index contributed by atoms with van der Waals surface area (Å²) >= 11 is 0. The summed E-state index contributed by atoms with van der Waals surface area (Å²) < 4.78 is 0. The smallest absolute Gasteiger partial charge is 0.230 e. The average molecular weight is 297 g/mol. The molecule has 0 aromatic heterocycles. The molecule has 1 saturated carbocycles. The van der Waals surface area contributed by atoms with Crippen LogP contribution < -0.4 is 5.73 Å². The average Bonchev–Trinajstić information content (AvgIpc) is 2.68. The summed E-state index contributed by atoms with van der Waals surface area (Å²) in [6, 6.07) is 0. The molecule has 0 bridgehead atoms. The van der Waals surface area contributed by atoms with Gasteiger partial charge < -0.3 is 15.5 Å². The highest BCUT2D eigenvalue weighted by Gasteiger charge is 2.40. The van der Waals surface area contributed by atoms with Gasteiger partial charge in [-0.05, 0) is 32.9 Å². The lowest BCUT2D eigenvalue weighted by Crippen LogP contribution is -2.50. The van der Waals surface area contributed by atoms with Gasteiger partial charge in [-0.2, -0.15) is 0 Å². The molecule has 4 heteroatoms. The van der Waals surface area contributed by atoms with Crippen LogP contribution in [0, 0.1) is 11.3 Å². The summed E-state index contributed by atoms with van der Waals surface area (Å²) in [7, 11) is 4.12. The van der Waals surface area contributed by atoms with E-state index in [1.165, 1.54) is 12.8 Å². The number of likely N-dealkylation sites (N-methyl/N-ethyl adjacent to an activating group) is 1. The third-order valence-electron chi connectivity index (χ3n) is 4.59. The molecule has 0 saturated heterocycles. The Hall–Kier alpha value is -0.610. The van der Waals surface area contributed by atoms with E-state index < -0.39 is 0 Å². The van der Waals surface area contributed by atoms with Crippen LogP contribution in [0.5, 0.6) is 0 Å². The molecule has 0 aliphatic heterocycles. The predicted octanol–water partition coefficient (Wildman–Crippen LogP) is 2.33. The van der Waals surface area contributed by atoms with Crippen molar-refractivity contribution in [2.45, 2.75) is 52.4 Å². The van der Waals surface area contributed by atoms with Gasteiger partial charge >= 0.3 is 0 Å². The van der Waals surface area contributed by atoms with E-state index in [0.29, 0.717) is 18.4 Å². The van der Waals surface area contributed by atoms with Gasteiger partial charge in [-0.15, -0.1) is 0 Å². The van der Waals surface area contributed by atoms with Crippen molar-refractivity contribution in [1.82, 2.24) is 9.80 Å². The molecule has 1 aliphatic rings. The number of amides is 1. The highest BCUT2D eigenvalue weighted by Crippen LogP contribution is 2.36. The molecular formula is C17H35N3O. The van der Waals surface area contributed by atoms with Gasteiger partial charge in [-0.3, -0.25) is 4.79 Å². The van der Waals surface area contributed by atoms with Gasteiger partial charge in [0.2, 0.25) is 5.91 Å². The van der Waals surface area contributed by atoms with E-state index in [-0.39, 0.29) is 5.41 Å². The van der Waals surface area contributed by atoms with Gasteiger partial charge in [-0.25, -0.2) is 0 Å². The number of nitrogens with two attached hydrogens (primary N) is 1. The molecule has 1 amide bonds. The topological polar surface area (TPSA) is 49.6 Å². The first-order chi connectivity index (χ1) is 9.91. The molecule has 2 N–H and O–H groups in total. The first-order valence-corrected chi connectivity index (χ1v) is 8.55. The van der Waals surface area contributed by atoms with Crippen molar-refractivity contribution in [3.63, 3.8) is 0 Å². The van der Waals surface area contributed by atoms with Crippen LogP contribution in [0.2, 0.25) is 0 Å². The summed E-state index contributed by atoms with van der Waals surface area (Å²) in [5.41, 5.74) is 5.78. The van der Waals surface area contributed by atoms with Crippen molar-refractivity contribution in [1.29, 1.82) is 0 Å². The Labute approximate surface area is 131 Å². The normalized spacial score (nSPS) is 18.8. The molecule has 0 atom stereocenters. The zero-order valence-electron chi connectivity index (χ0n) is 14.5. The number of carbonyl (C=O) groups is 1. The Bertz CT molecular complexity index is 307. The molecule has 4 nitrogen and oxygen atoms in total. The Balaban J connectivity index is 2.83. The second kappa shape index (κ2) is 8.74. The fraction of sp³-hybridized carbons (Fsp3) is 0.941. The van der Waals surface area contributed by atoms with E-state index in [0.717, 1.165) is 45.3 Å². The van der Waals surface area contributed by atoms with E-state index in [9.17, 15) is 4.79 Å². The van der Waals surface area contributed by atoms with Crippen LogP contribution in [-0.4, -0.2) is 56.0 Å². The maximum absolute atomic E-state index is 13.2. The van der Waals surface area contributed by atoms with Crippen LogP contribution in [0.25, 0.3) is 0 Å². The van der Waals surface area contributed by atoms with E-state index >= 15 is 0 Å². The Morgan fingerprint density at radius 3 is 2.10 bits per heavy atom. The minimum Gasteiger partial charge on any atom is -0.341 e. The van der Waals surface area contributed by atoms with Crippen LogP contribution >= 0.6 is 0 Å². The predicted molar refractivity (Wildman–Crippen MR) is 89.2 cm³/mol. The molecule has 1 aliphatic carbocycles. The van der Waals surface area contributed by atoms with Crippen LogP contribution in [0.4, 0.5) is 0 Å².